The molecule has 0 spiro atoms. The normalized spacial score (nSPS) is 12.1. The molecule has 0 saturated heterocycles. The van der Waals surface area contributed by atoms with Crippen LogP contribution in [0.15, 0.2) is 40.2 Å². The van der Waals surface area contributed by atoms with Gasteiger partial charge in [-0.05, 0) is 29.8 Å². The summed E-state index contributed by atoms with van der Waals surface area (Å²) in [5.41, 5.74) is 1.05. The van der Waals surface area contributed by atoms with Gasteiger partial charge < -0.3 is 10.1 Å². The van der Waals surface area contributed by atoms with E-state index in [4.69, 9.17) is 0 Å². The van der Waals surface area contributed by atoms with Gasteiger partial charge in [-0.1, -0.05) is 0 Å². The largest absolute Gasteiger partial charge is 0.390 e. The first kappa shape index (κ1) is 19.2. The van der Waals surface area contributed by atoms with Crippen LogP contribution in [0.4, 0.5) is 8.78 Å². The maximum absolute atomic E-state index is 14.2. The number of hydrogen-bond donors (Lipinski definition) is 2. The Labute approximate surface area is 162 Å². The number of aromatic amines is 1. The third-order valence-electron chi connectivity index (χ3n) is 4.45. The van der Waals surface area contributed by atoms with Crippen molar-refractivity contribution in [3.8, 4) is 0 Å². The Kier molecular flexibility index (Phi) is 4.43. The Hall–Kier alpha value is -3.18. The van der Waals surface area contributed by atoms with Crippen molar-refractivity contribution < 1.29 is 22.3 Å². The van der Waals surface area contributed by atoms with Gasteiger partial charge in [0.2, 0.25) is 0 Å². The first-order chi connectivity index (χ1) is 13.7. The van der Waals surface area contributed by atoms with E-state index in [0.717, 1.165) is 12.1 Å². The highest BCUT2D eigenvalue weighted by molar-refractivity contribution is 7.90. The van der Waals surface area contributed by atoms with Crippen LogP contribution in [-0.2, 0) is 23.0 Å². The zero-order valence-corrected chi connectivity index (χ0v) is 15.8. The molecule has 0 saturated carbocycles. The molecule has 8 nitrogen and oxygen atoms in total. The third-order valence-corrected chi connectivity index (χ3v) is 5.58. The molecule has 0 atom stereocenters. The molecule has 0 aliphatic heterocycles. The van der Waals surface area contributed by atoms with Gasteiger partial charge in [0, 0.05) is 11.6 Å². The van der Waals surface area contributed by atoms with E-state index in [1.54, 1.807) is 12.1 Å². The summed E-state index contributed by atoms with van der Waals surface area (Å²) >= 11 is 0. The monoisotopic (exact) mass is 420 g/mol. The molecule has 0 fully saturated rings. The zero-order valence-electron chi connectivity index (χ0n) is 15.0. The van der Waals surface area contributed by atoms with Crippen LogP contribution in [0.3, 0.4) is 0 Å². The molecule has 29 heavy (non-hydrogen) atoms. The van der Waals surface area contributed by atoms with Crippen molar-refractivity contribution in [3.63, 3.8) is 0 Å². The van der Waals surface area contributed by atoms with Crippen molar-refractivity contribution >= 4 is 31.9 Å². The highest BCUT2D eigenvalue weighted by atomic mass is 32.2. The summed E-state index contributed by atoms with van der Waals surface area (Å²) < 4.78 is 52.8. The predicted molar refractivity (Wildman–Crippen MR) is 100 cm³/mol. The number of aliphatic hydroxyl groups is 1. The van der Waals surface area contributed by atoms with E-state index in [1.807, 2.05) is 0 Å². The van der Waals surface area contributed by atoms with Crippen molar-refractivity contribution in [1.29, 1.82) is 0 Å². The lowest BCUT2D eigenvalue weighted by atomic mass is 10.2. The van der Waals surface area contributed by atoms with Gasteiger partial charge in [-0.3, -0.25) is 4.57 Å². The van der Waals surface area contributed by atoms with E-state index in [1.165, 1.54) is 10.8 Å². The summed E-state index contributed by atoms with van der Waals surface area (Å²) in [5, 5.41) is 9.74. The molecule has 0 aliphatic carbocycles. The van der Waals surface area contributed by atoms with Crippen molar-refractivity contribution in [1.82, 2.24) is 19.5 Å². The predicted octanol–water partition coefficient (Wildman–Crippen LogP) is 1.50. The lowest BCUT2D eigenvalue weighted by Gasteiger charge is -2.09. The molecule has 11 heteroatoms. The van der Waals surface area contributed by atoms with Crippen LogP contribution >= 0.6 is 0 Å². The maximum Gasteiger partial charge on any atom is 0.326 e. The average molecular weight is 420 g/mol. The maximum atomic E-state index is 14.2. The highest BCUT2D eigenvalue weighted by Crippen LogP contribution is 2.24. The second-order valence-corrected chi connectivity index (χ2v) is 8.48. The fourth-order valence-corrected chi connectivity index (χ4v) is 4.07. The minimum absolute atomic E-state index is 0.0697. The highest BCUT2D eigenvalue weighted by Gasteiger charge is 2.21. The minimum atomic E-state index is -4.08. The van der Waals surface area contributed by atoms with Gasteiger partial charge in [0.15, 0.2) is 15.5 Å². The number of rotatable bonds is 4. The molecule has 3 aromatic heterocycles. The van der Waals surface area contributed by atoms with Crippen LogP contribution in [0.1, 0.15) is 11.3 Å². The average Bonchev–Trinajstić information content (AvgIpc) is 2.95. The smallest absolute Gasteiger partial charge is 0.326 e. The van der Waals surface area contributed by atoms with Gasteiger partial charge in [-0.25, -0.2) is 32.0 Å². The summed E-state index contributed by atoms with van der Waals surface area (Å²) in [6, 6.07) is 4.99. The van der Waals surface area contributed by atoms with Crippen molar-refractivity contribution in [2.75, 3.05) is 6.26 Å². The molecule has 0 bridgehead atoms. The number of benzene rings is 1. The van der Waals surface area contributed by atoms with Crippen molar-refractivity contribution in [3.05, 3.63) is 63.8 Å². The third kappa shape index (κ3) is 3.28. The molecule has 2 N–H and O–H groups in total. The van der Waals surface area contributed by atoms with E-state index >= 15 is 0 Å². The number of aromatic nitrogens is 4. The number of pyridine rings is 2. The Morgan fingerprint density at radius 3 is 2.52 bits per heavy atom. The van der Waals surface area contributed by atoms with Gasteiger partial charge >= 0.3 is 5.69 Å². The molecular formula is C18H14F2N4O4S. The molecule has 3 heterocycles. The van der Waals surface area contributed by atoms with Crippen molar-refractivity contribution in [2.24, 2.45) is 0 Å². The summed E-state index contributed by atoms with van der Waals surface area (Å²) in [6.45, 7) is -0.488. The number of fused-ring (bicyclic) bond motifs is 3. The molecule has 0 amide bonds. The first-order valence-electron chi connectivity index (χ1n) is 8.35. The summed E-state index contributed by atoms with van der Waals surface area (Å²) in [4.78, 5) is 22.4. The molecule has 1 aromatic carbocycles. The van der Waals surface area contributed by atoms with Crippen LogP contribution in [0.2, 0.25) is 0 Å². The lowest BCUT2D eigenvalue weighted by Crippen LogP contribution is -2.18. The summed E-state index contributed by atoms with van der Waals surface area (Å²) in [5.74, 6) is -2.45. The molecule has 0 unspecified atom stereocenters. The molecule has 150 valence electrons. The van der Waals surface area contributed by atoms with Crippen molar-refractivity contribution in [2.45, 2.75) is 18.0 Å². The topological polar surface area (TPSA) is 118 Å². The van der Waals surface area contributed by atoms with Gasteiger partial charge in [-0.2, -0.15) is 0 Å². The SMILES string of the molecule is CS(=O)(=O)c1c(F)cc(Cn2c(=O)[nH]c3cnc4nc(CO)ccc4c32)cc1F. The van der Waals surface area contributed by atoms with E-state index < -0.39 is 32.1 Å². The number of aliphatic hydroxyl groups excluding tert-OH is 1. The second-order valence-electron chi connectivity index (χ2n) is 6.53. The van der Waals surface area contributed by atoms with Gasteiger partial charge in [0.05, 0.1) is 36.1 Å². The van der Waals surface area contributed by atoms with Crippen LogP contribution < -0.4 is 5.69 Å². The lowest BCUT2D eigenvalue weighted by molar-refractivity contribution is 0.277. The Morgan fingerprint density at radius 1 is 1.21 bits per heavy atom. The van der Waals surface area contributed by atoms with Gasteiger partial charge in [0.1, 0.15) is 16.5 Å². The minimum Gasteiger partial charge on any atom is -0.390 e. The number of nitrogens with one attached hydrogen (secondary N) is 1. The van der Waals surface area contributed by atoms with E-state index in [-0.39, 0.29) is 18.7 Å². The Morgan fingerprint density at radius 2 is 1.90 bits per heavy atom. The number of imidazole rings is 1. The zero-order chi connectivity index (χ0) is 20.9. The van der Waals surface area contributed by atoms with E-state index in [0.29, 0.717) is 34.0 Å². The number of hydrogen-bond acceptors (Lipinski definition) is 6. The standard InChI is InChI=1S/C18H14F2N4O4S/c1-29(27,28)16-12(19)4-9(5-13(16)20)7-24-15-11-3-2-10(8-25)22-17(11)21-6-14(15)23-18(24)26/h2-6,25H,7-8H2,1H3,(H,23,26). The van der Waals surface area contributed by atoms with Crippen LogP contribution in [0.5, 0.6) is 0 Å². The van der Waals surface area contributed by atoms with Crippen LogP contribution in [-0.4, -0.2) is 39.3 Å². The number of H-pyrrole nitrogens is 1. The van der Waals surface area contributed by atoms with E-state index in [2.05, 4.69) is 15.0 Å². The molecule has 0 radical (unpaired) electrons. The first-order valence-corrected chi connectivity index (χ1v) is 10.2. The summed E-state index contributed by atoms with van der Waals surface area (Å²) in [6.07, 6.45) is 2.11. The fourth-order valence-electron chi connectivity index (χ4n) is 3.25. The number of nitrogens with zero attached hydrogens (tertiary/aromatic N) is 3. The second kappa shape index (κ2) is 6.71. The molecule has 4 rings (SSSR count). The van der Waals surface area contributed by atoms with Crippen LogP contribution in [0.25, 0.3) is 22.1 Å². The Bertz CT molecular complexity index is 1420. The number of halogens is 2. The quantitative estimate of drug-likeness (QED) is 0.517. The van der Waals surface area contributed by atoms with E-state index in [9.17, 15) is 27.1 Å². The molecule has 0 aliphatic rings. The molecule has 4 aromatic rings. The van der Waals surface area contributed by atoms with Gasteiger partial charge in [-0.15, -0.1) is 0 Å². The molecular weight excluding hydrogens is 406 g/mol. The van der Waals surface area contributed by atoms with Crippen LogP contribution in [0, 0.1) is 11.6 Å². The number of sulfone groups is 1. The Balaban J connectivity index is 1.90. The van der Waals surface area contributed by atoms with Gasteiger partial charge in [0.25, 0.3) is 0 Å². The summed E-state index contributed by atoms with van der Waals surface area (Å²) in [7, 11) is -4.08. The fraction of sp³-hybridized carbons (Fsp3) is 0.167.